The first kappa shape index (κ1) is 21.6. The van der Waals surface area contributed by atoms with Gasteiger partial charge < -0.3 is 15.4 Å². The number of hydrogen-bond acceptors (Lipinski definition) is 5. The normalized spacial score (nSPS) is 16.3. The summed E-state index contributed by atoms with van der Waals surface area (Å²) in [4.78, 5) is 25.4. The smallest absolute Gasteiger partial charge is 0.265 e. The van der Waals surface area contributed by atoms with Gasteiger partial charge in [0.2, 0.25) is 10.0 Å². The van der Waals surface area contributed by atoms with Crippen molar-refractivity contribution in [3.8, 4) is 5.75 Å². The number of nitrogens with one attached hydrogen (secondary N) is 2. The highest BCUT2D eigenvalue weighted by Crippen LogP contribution is 2.34. The molecule has 0 spiro atoms. The van der Waals surface area contributed by atoms with Crippen molar-refractivity contribution in [2.24, 2.45) is 0 Å². The minimum atomic E-state index is -3.53. The minimum Gasteiger partial charge on any atom is -0.478 e. The Morgan fingerprint density at radius 3 is 2.47 bits per heavy atom. The third-order valence-electron chi connectivity index (χ3n) is 4.54. The van der Waals surface area contributed by atoms with E-state index in [0.29, 0.717) is 22.7 Å². The van der Waals surface area contributed by atoms with Crippen molar-refractivity contribution in [3.63, 3.8) is 0 Å². The van der Waals surface area contributed by atoms with E-state index in [4.69, 9.17) is 4.74 Å². The maximum absolute atomic E-state index is 12.9. The lowest BCUT2D eigenvalue weighted by atomic mass is 10.1. The quantitative estimate of drug-likeness (QED) is 0.756. The summed E-state index contributed by atoms with van der Waals surface area (Å²) in [5.41, 5.74) is 1.10. The first-order valence-corrected chi connectivity index (χ1v) is 11.5. The second-order valence-electron chi connectivity index (χ2n) is 7.36. The average Bonchev–Trinajstić information content (AvgIpc) is 2.87. The monoisotopic (exact) mass is 431 g/mol. The number of carbonyl (C=O) groups excluding carboxylic acids is 2. The molecule has 0 saturated carbocycles. The van der Waals surface area contributed by atoms with Crippen molar-refractivity contribution in [1.29, 1.82) is 0 Å². The van der Waals surface area contributed by atoms with E-state index < -0.39 is 22.0 Å². The molecule has 160 valence electrons. The van der Waals surface area contributed by atoms with Gasteiger partial charge in [0.25, 0.3) is 11.8 Å². The molecule has 1 aliphatic heterocycles. The Morgan fingerprint density at radius 1 is 1.10 bits per heavy atom. The fourth-order valence-corrected chi connectivity index (χ4v) is 4.15. The first-order valence-electron chi connectivity index (χ1n) is 9.61. The Balaban J connectivity index is 1.84. The zero-order chi connectivity index (χ0) is 21.9. The number of para-hydroxylation sites is 3. The third-order valence-corrected chi connectivity index (χ3v) is 5.72. The van der Waals surface area contributed by atoms with E-state index in [1.165, 1.54) is 4.31 Å². The number of amides is 2. The largest absolute Gasteiger partial charge is 0.478 e. The molecule has 2 N–H and O–H groups in total. The van der Waals surface area contributed by atoms with Gasteiger partial charge in [0.05, 0.1) is 23.2 Å². The summed E-state index contributed by atoms with van der Waals surface area (Å²) in [5.74, 6) is -0.437. The van der Waals surface area contributed by atoms with Crippen LogP contribution in [0, 0.1) is 0 Å². The number of ether oxygens (including phenoxy) is 1. The highest BCUT2D eigenvalue weighted by atomic mass is 32.2. The summed E-state index contributed by atoms with van der Waals surface area (Å²) in [6.45, 7) is 3.80. The van der Waals surface area contributed by atoms with Crippen molar-refractivity contribution in [1.82, 2.24) is 5.32 Å². The molecule has 1 heterocycles. The van der Waals surface area contributed by atoms with Crippen LogP contribution in [0.2, 0.25) is 0 Å². The summed E-state index contributed by atoms with van der Waals surface area (Å²) >= 11 is 0. The molecule has 0 bridgehead atoms. The van der Waals surface area contributed by atoms with Gasteiger partial charge in [-0.25, -0.2) is 8.42 Å². The van der Waals surface area contributed by atoms with Gasteiger partial charge in [0, 0.05) is 19.0 Å². The van der Waals surface area contributed by atoms with Crippen LogP contribution in [-0.2, 0) is 14.8 Å². The van der Waals surface area contributed by atoms with Crippen molar-refractivity contribution in [2.45, 2.75) is 32.4 Å². The molecule has 1 aliphatic rings. The predicted octanol–water partition coefficient (Wildman–Crippen LogP) is 2.38. The van der Waals surface area contributed by atoms with E-state index in [9.17, 15) is 18.0 Å². The highest BCUT2D eigenvalue weighted by molar-refractivity contribution is 7.92. The van der Waals surface area contributed by atoms with E-state index in [0.717, 1.165) is 6.26 Å². The van der Waals surface area contributed by atoms with Gasteiger partial charge >= 0.3 is 0 Å². The number of fused-ring (bicyclic) bond motifs is 1. The average molecular weight is 432 g/mol. The lowest BCUT2D eigenvalue weighted by molar-refractivity contribution is -0.122. The van der Waals surface area contributed by atoms with Gasteiger partial charge in [0.15, 0.2) is 6.10 Å². The van der Waals surface area contributed by atoms with Gasteiger partial charge in [-0.05, 0) is 38.1 Å². The second-order valence-corrected chi connectivity index (χ2v) is 9.27. The molecule has 30 heavy (non-hydrogen) atoms. The number of benzene rings is 2. The first-order chi connectivity index (χ1) is 14.2. The molecule has 0 fully saturated rings. The molecule has 9 heteroatoms. The van der Waals surface area contributed by atoms with Crippen LogP contribution in [0.15, 0.2) is 48.5 Å². The Labute approximate surface area is 176 Å². The molecule has 0 aromatic heterocycles. The van der Waals surface area contributed by atoms with Crippen LogP contribution in [0.4, 0.5) is 11.4 Å². The topological polar surface area (TPSA) is 105 Å². The molecule has 0 saturated heterocycles. The van der Waals surface area contributed by atoms with E-state index in [1.807, 2.05) is 13.8 Å². The number of hydrogen-bond donors (Lipinski definition) is 2. The molecule has 1 unspecified atom stereocenters. The van der Waals surface area contributed by atoms with E-state index >= 15 is 0 Å². The number of anilines is 2. The van der Waals surface area contributed by atoms with Crippen molar-refractivity contribution in [3.05, 3.63) is 54.1 Å². The molecule has 3 rings (SSSR count). The lowest BCUT2D eigenvalue weighted by Crippen LogP contribution is -2.36. The van der Waals surface area contributed by atoms with Crippen LogP contribution in [0.1, 0.15) is 30.6 Å². The molecule has 0 aliphatic carbocycles. The molecule has 2 aromatic rings. The number of nitrogens with zero attached hydrogens (tertiary/aromatic N) is 1. The summed E-state index contributed by atoms with van der Waals surface area (Å²) in [6, 6.07) is 13.3. The number of sulfonamides is 1. The Bertz CT molecular complexity index is 1050. The van der Waals surface area contributed by atoms with Crippen molar-refractivity contribution in [2.75, 3.05) is 22.4 Å². The zero-order valence-electron chi connectivity index (χ0n) is 17.1. The standard InChI is InChI=1S/C21H25N3O5S/c1-14(2)22-20(25)15-8-4-5-9-16(15)23-21(26)19-12-13-24(30(3,27)28)17-10-6-7-11-18(17)29-19/h4-11,14,19H,12-13H2,1-3H3,(H,22,25)(H,23,26). The van der Waals surface area contributed by atoms with E-state index in [2.05, 4.69) is 10.6 Å². The Kier molecular flexibility index (Phi) is 6.31. The maximum Gasteiger partial charge on any atom is 0.265 e. The van der Waals surface area contributed by atoms with Gasteiger partial charge in [-0.15, -0.1) is 0 Å². The zero-order valence-corrected chi connectivity index (χ0v) is 17.9. The fourth-order valence-electron chi connectivity index (χ4n) is 3.20. The lowest BCUT2D eigenvalue weighted by Gasteiger charge is -2.20. The van der Waals surface area contributed by atoms with Crippen LogP contribution in [-0.4, -0.2) is 45.2 Å². The molecular weight excluding hydrogens is 406 g/mol. The Morgan fingerprint density at radius 2 is 1.77 bits per heavy atom. The van der Waals surface area contributed by atoms with Crippen molar-refractivity contribution < 1.29 is 22.7 Å². The molecule has 2 aromatic carbocycles. The third kappa shape index (κ3) is 4.91. The van der Waals surface area contributed by atoms with E-state index in [-0.39, 0.29) is 24.9 Å². The number of rotatable bonds is 5. The van der Waals surface area contributed by atoms with Gasteiger partial charge in [-0.2, -0.15) is 0 Å². The second kappa shape index (κ2) is 8.74. The Hall–Kier alpha value is -3.07. The highest BCUT2D eigenvalue weighted by Gasteiger charge is 2.31. The minimum absolute atomic E-state index is 0.0510. The van der Waals surface area contributed by atoms with Gasteiger partial charge in [-0.1, -0.05) is 24.3 Å². The van der Waals surface area contributed by atoms with Crippen LogP contribution in [0.5, 0.6) is 5.75 Å². The van der Waals surface area contributed by atoms with Crippen LogP contribution in [0.3, 0.4) is 0 Å². The maximum atomic E-state index is 12.9. The van der Waals surface area contributed by atoms with E-state index in [1.54, 1.807) is 48.5 Å². The summed E-state index contributed by atoms with van der Waals surface area (Å²) in [6.07, 6.45) is 0.362. The molecule has 1 atom stereocenters. The molecule has 2 amide bonds. The molecule has 0 radical (unpaired) electrons. The fraction of sp³-hybridized carbons (Fsp3) is 0.333. The SMILES string of the molecule is CC(C)NC(=O)c1ccccc1NC(=O)C1CCN(S(C)(=O)=O)c2ccccc2O1. The summed E-state index contributed by atoms with van der Waals surface area (Å²) < 4.78 is 31.5. The summed E-state index contributed by atoms with van der Waals surface area (Å²) in [7, 11) is -3.53. The van der Waals surface area contributed by atoms with Crippen molar-refractivity contribution >= 4 is 33.2 Å². The predicted molar refractivity (Wildman–Crippen MR) is 115 cm³/mol. The number of carbonyl (C=O) groups is 2. The van der Waals surface area contributed by atoms with Crippen LogP contribution >= 0.6 is 0 Å². The van der Waals surface area contributed by atoms with Crippen LogP contribution in [0.25, 0.3) is 0 Å². The molecule has 8 nitrogen and oxygen atoms in total. The summed E-state index contributed by atoms with van der Waals surface area (Å²) in [5, 5.41) is 5.56. The van der Waals surface area contributed by atoms with Gasteiger partial charge in [-0.3, -0.25) is 13.9 Å². The molecular formula is C21H25N3O5S. The van der Waals surface area contributed by atoms with Gasteiger partial charge in [0.1, 0.15) is 5.75 Å². The van der Waals surface area contributed by atoms with Crippen LogP contribution < -0.4 is 19.7 Å².